The Bertz CT molecular complexity index is 864. The second kappa shape index (κ2) is 8.16. The van der Waals surface area contributed by atoms with Crippen LogP contribution in [0.5, 0.6) is 0 Å². The molecule has 2 aliphatic rings. The summed E-state index contributed by atoms with van der Waals surface area (Å²) in [5.74, 6) is 1.62. The topological polar surface area (TPSA) is 75.2 Å². The molecule has 4 rings (SSSR count). The smallest absolute Gasteiger partial charge is 0.216 e. The third kappa shape index (κ3) is 4.80. The molecule has 0 spiro atoms. The minimum absolute atomic E-state index is 0.119. The van der Waals surface area contributed by atoms with Gasteiger partial charge in [-0.2, -0.15) is 0 Å². The first-order valence-electron chi connectivity index (χ1n) is 9.35. The Morgan fingerprint density at radius 2 is 1.81 bits per heavy atom. The van der Waals surface area contributed by atoms with E-state index in [9.17, 15) is 8.42 Å². The minimum Gasteiger partial charge on any atom is -0.366 e. The van der Waals surface area contributed by atoms with Gasteiger partial charge in [-0.15, -0.1) is 11.8 Å². The van der Waals surface area contributed by atoms with Gasteiger partial charge in [0.25, 0.3) is 0 Å². The molecule has 2 fully saturated rings. The third-order valence-corrected chi connectivity index (χ3v) is 8.32. The van der Waals surface area contributed by atoms with E-state index in [0.29, 0.717) is 13.1 Å². The molecule has 0 radical (unpaired) electrons. The summed E-state index contributed by atoms with van der Waals surface area (Å²) in [5, 5.41) is 4.20. The summed E-state index contributed by atoms with van der Waals surface area (Å²) in [7, 11) is -3.05. The number of aromatic nitrogens is 2. The molecule has 0 unspecified atom stereocenters. The van der Waals surface area contributed by atoms with Gasteiger partial charge in [0.1, 0.15) is 10.8 Å². The van der Waals surface area contributed by atoms with Crippen molar-refractivity contribution in [1.29, 1.82) is 0 Å². The SMILES string of the molecule is O=S(=O)(C1CC1)N1CCC(Nc2cncc(SCc3ccccc3)n2)CC1. The van der Waals surface area contributed by atoms with Gasteiger partial charge in [-0.3, -0.25) is 4.98 Å². The van der Waals surface area contributed by atoms with E-state index >= 15 is 0 Å². The van der Waals surface area contributed by atoms with Crippen molar-refractivity contribution in [3.8, 4) is 0 Å². The van der Waals surface area contributed by atoms with Crippen molar-refractivity contribution in [3.05, 3.63) is 48.3 Å². The fourth-order valence-corrected chi connectivity index (χ4v) is 5.94. The Morgan fingerprint density at radius 3 is 2.52 bits per heavy atom. The number of anilines is 1. The number of nitrogens with one attached hydrogen (secondary N) is 1. The van der Waals surface area contributed by atoms with Crippen LogP contribution in [-0.4, -0.2) is 47.1 Å². The Labute approximate surface area is 164 Å². The highest BCUT2D eigenvalue weighted by Crippen LogP contribution is 2.32. The lowest BCUT2D eigenvalue weighted by Gasteiger charge is -2.31. The van der Waals surface area contributed by atoms with Crippen molar-refractivity contribution >= 4 is 27.6 Å². The Hall–Kier alpha value is -1.64. The number of sulfonamides is 1. The van der Waals surface area contributed by atoms with Crippen LogP contribution in [0.15, 0.2) is 47.8 Å². The monoisotopic (exact) mass is 404 g/mol. The zero-order valence-electron chi connectivity index (χ0n) is 15.1. The van der Waals surface area contributed by atoms with E-state index < -0.39 is 10.0 Å². The summed E-state index contributed by atoms with van der Waals surface area (Å²) in [4.78, 5) is 8.94. The molecule has 1 aliphatic heterocycles. The number of rotatable bonds is 7. The van der Waals surface area contributed by atoms with Crippen LogP contribution in [0.3, 0.4) is 0 Å². The van der Waals surface area contributed by atoms with E-state index in [1.54, 1.807) is 28.5 Å². The molecular formula is C19H24N4O2S2. The van der Waals surface area contributed by atoms with Crippen LogP contribution in [0.1, 0.15) is 31.2 Å². The molecule has 1 aromatic heterocycles. The van der Waals surface area contributed by atoms with E-state index in [1.807, 2.05) is 18.2 Å². The summed E-state index contributed by atoms with van der Waals surface area (Å²) in [5.41, 5.74) is 1.26. The molecule has 0 bridgehead atoms. The summed E-state index contributed by atoms with van der Waals surface area (Å²) in [6.07, 6.45) is 6.76. The zero-order chi connectivity index (χ0) is 18.7. The van der Waals surface area contributed by atoms with Crippen molar-refractivity contribution in [2.45, 2.75) is 47.8 Å². The van der Waals surface area contributed by atoms with E-state index in [2.05, 4.69) is 27.4 Å². The van der Waals surface area contributed by atoms with Gasteiger partial charge >= 0.3 is 0 Å². The molecule has 1 aromatic carbocycles. The summed E-state index contributed by atoms with van der Waals surface area (Å²) in [6.45, 7) is 1.18. The molecule has 8 heteroatoms. The lowest BCUT2D eigenvalue weighted by atomic mass is 10.1. The molecule has 27 heavy (non-hydrogen) atoms. The molecule has 6 nitrogen and oxygen atoms in total. The molecule has 0 atom stereocenters. The second-order valence-corrected chi connectivity index (χ2v) is 10.3. The van der Waals surface area contributed by atoms with Crippen LogP contribution in [0.2, 0.25) is 0 Å². The highest BCUT2D eigenvalue weighted by atomic mass is 32.2. The Balaban J connectivity index is 1.30. The second-order valence-electron chi connectivity index (χ2n) is 7.08. The number of hydrogen-bond donors (Lipinski definition) is 1. The van der Waals surface area contributed by atoms with Crippen LogP contribution in [0.25, 0.3) is 0 Å². The molecule has 1 saturated heterocycles. The minimum atomic E-state index is -3.05. The molecule has 1 N–H and O–H groups in total. The Kier molecular flexibility index (Phi) is 5.66. The lowest BCUT2D eigenvalue weighted by Crippen LogP contribution is -2.43. The van der Waals surface area contributed by atoms with Gasteiger partial charge in [0.2, 0.25) is 10.0 Å². The number of hydrogen-bond acceptors (Lipinski definition) is 6. The van der Waals surface area contributed by atoms with Crippen molar-refractivity contribution in [2.75, 3.05) is 18.4 Å². The highest BCUT2D eigenvalue weighted by molar-refractivity contribution is 7.98. The lowest BCUT2D eigenvalue weighted by molar-refractivity contribution is 0.329. The fraction of sp³-hybridized carbons (Fsp3) is 0.474. The van der Waals surface area contributed by atoms with Crippen molar-refractivity contribution in [3.63, 3.8) is 0 Å². The van der Waals surface area contributed by atoms with Crippen molar-refractivity contribution in [2.24, 2.45) is 0 Å². The first kappa shape index (κ1) is 18.7. The summed E-state index contributed by atoms with van der Waals surface area (Å²) < 4.78 is 26.3. The normalized spacial score (nSPS) is 19.1. The van der Waals surface area contributed by atoms with Gasteiger partial charge in [0.05, 0.1) is 17.6 Å². The van der Waals surface area contributed by atoms with Crippen LogP contribution in [0.4, 0.5) is 5.82 Å². The van der Waals surface area contributed by atoms with Crippen LogP contribution in [-0.2, 0) is 15.8 Å². The first-order valence-corrected chi connectivity index (χ1v) is 11.8. The van der Waals surface area contributed by atoms with E-state index in [0.717, 1.165) is 42.3 Å². The molecular weight excluding hydrogens is 380 g/mol. The van der Waals surface area contributed by atoms with Crippen LogP contribution >= 0.6 is 11.8 Å². The largest absolute Gasteiger partial charge is 0.366 e. The standard InChI is InChI=1S/C19H24N4O2S2/c24-27(25,17-6-7-17)23-10-8-16(9-11-23)21-18-12-20-13-19(22-18)26-14-15-4-2-1-3-5-15/h1-5,12-13,16-17H,6-11,14H2,(H,21,22). The molecule has 1 aliphatic carbocycles. The molecule has 2 aromatic rings. The maximum atomic E-state index is 12.3. The van der Waals surface area contributed by atoms with Gasteiger partial charge in [-0.05, 0) is 31.2 Å². The van der Waals surface area contributed by atoms with Gasteiger partial charge < -0.3 is 5.32 Å². The van der Waals surface area contributed by atoms with Crippen molar-refractivity contribution in [1.82, 2.24) is 14.3 Å². The number of piperidine rings is 1. The average molecular weight is 405 g/mol. The van der Waals surface area contributed by atoms with Gasteiger partial charge in [-0.1, -0.05) is 30.3 Å². The van der Waals surface area contributed by atoms with Crippen molar-refractivity contribution < 1.29 is 8.42 Å². The number of benzene rings is 1. The predicted molar refractivity (Wildman–Crippen MR) is 108 cm³/mol. The van der Waals surface area contributed by atoms with Gasteiger partial charge in [0, 0.05) is 24.9 Å². The summed E-state index contributed by atoms with van der Waals surface area (Å²) in [6, 6.07) is 10.5. The number of nitrogens with zero attached hydrogens (tertiary/aromatic N) is 3. The molecule has 2 heterocycles. The highest BCUT2D eigenvalue weighted by Gasteiger charge is 2.41. The van der Waals surface area contributed by atoms with E-state index in [-0.39, 0.29) is 11.3 Å². The van der Waals surface area contributed by atoms with Gasteiger partial charge in [-0.25, -0.2) is 17.7 Å². The Morgan fingerprint density at radius 1 is 1.07 bits per heavy atom. The quantitative estimate of drug-likeness (QED) is 0.715. The maximum Gasteiger partial charge on any atom is 0.216 e. The van der Waals surface area contributed by atoms with Crippen LogP contribution < -0.4 is 5.32 Å². The predicted octanol–water partition coefficient (Wildman–Crippen LogP) is 3.14. The molecule has 144 valence electrons. The van der Waals surface area contributed by atoms with Crippen LogP contribution in [0, 0.1) is 0 Å². The first-order chi connectivity index (χ1) is 13.1. The maximum absolute atomic E-state index is 12.3. The molecule has 1 saturated carbocycles. The van der Waals surface area contributed by atoms with E-state index in [4.69, 9.17) is 0 Å². The third-order valence-electron chi connectivity index (χ3n) is 4.95. The zero-order valence-corrected chi connectivity index (χ0v) is 16.8. The molecule has 0 amide bonds. The van der Waals surface area contributed by atoms with Gasteiger partial charge in [0.15, 0.2) is 0 Å². The number of thioether (sulfide) groups is 1. The van der Waals surface area contributed by atoms with E-state index in [1.165, 1.54) is 5.56 Å². The fourth-order valence-electron chi connectivity index (χ4n) is 3.26. The average Bonchev–Trinajstić information content (AvgIpc) is 3.54. The summed E-state index contributed by atoms with van der Waals surface area (Å²) >= 11 is 1.66.